The fourth-order valence-electron chi connectivity index (χ4n) is 1.90. The highest BCUT2D eigenvalue weighted by Gasteiger charge is 2.15. The molecule has 0 saturated carbocycles. The van der Waals surface area contributed by atoms with Crippen molar-refractivity contribution in [2.75, 3.05) is 5.75 Å². The molecule has 90 valence electrons. The molecule has 5 nitrogen and oxygen atoms in total. The van der Waals surface area contributed by atoms with Gasteiger partial charge in [0.15, 0.2) is 0 Å². The summed E-state index contributed by atoms with van der Waals surface area (Å²) in [5.41, 5.74) is -1.05. The second-order valence-electron chi connectivity index (χ2n) is 4.05. The Hall–Kier alpha value is -1.48. The molecule has 0 bridgehead atoms. The highest BCUT2D eigenvalue weighted by molar-refractivity contribution is 7.99. The largest absolute Gasteiger partial charge is 0.328 e. The van der Waals surface area contributed by atoms with E-state index in [0.29, 0.717) is 11.8 Å². The molecule has 1 N–H and O–H groups in total. The van der Waals surface area contributed by atoms with Crippen LogP contribution in [0.1, 0.15) is 24.8 Å². The van der Waals surface area contributed by atoms with Gasteiger partial charge < -0.3 is 0 Å². The van der Waals surface area contributed by atoms with Crippen LogP contribution in [0.4, 0.5) is 0 Å². The van der Waals surface area contributed by atoms with E-state index in [9.17, 15) is 9.59 Å². The predicted octanol–water partition coefficient (Wildman–Crippen LogP) is 0.694. The van der Waals surface area contributed by atoms with Crippen molar-refractivity contribution >= 4 is 11.8 Å². The Morgan fingerprint density at radius 1 is 1.53 bits per heavy atom. The van der Waals surface area contributed by atoms with Crippen molar-refractivity contribution in [1.29, 1.82) is 5.26 Å². The molecule has 1 unspecified atom stereocenters. The van der Waals surface area contributed by atoms with Crippen LogP contribution in [-0.2, 0) is 6.54 Å². The second-order valence-corrected chi connectivity index (χ2v) is 5.46. The van der Waals surface area contributed by atoms with Crippen molar-refractivity contribution in [2.24, 2.45) is 0 Å². The van der Waals surface area contributed by atoms with E-state index in [2.05, 4.69) is 4.98 Å². The highest BCUT2D eigenvalue weighted by Crippen LogP contribution is 2.25. The maximum Gasteiger partial charge on any atom is 0.328 e. The van der Waals surface area contributed by atoms with Crippen molar-refractivity contribution in [2.45, 2.75) is 31.1 Å². The van der Waals surface area contributed by atoms with Gasteiger partial charge in [-0.15, -0.1) is 0 Å². The summed E-state index contributed by atoms with van der Waals surface area (Å²) in [6, 6.07) is 1.79. The molecule has 1 atom stereocenters. The lowest BCUT2D eigenvalue weighted by atomic mass is 10.2. The molecular weight excluding hydrogens is 238 g/mol. The monoisotopic (exact) mass is 251 g/mol. The third kappa shape index (κ3) is 2.80. The van der Waals surface area contributed by atoms with E-state index in [0.717, 1.165) is 12.2 Å². The first-order chi connectivity index (χ1) is 8.20. The fraction of sp³-hybridized carbons (Fsp3) is 0.545. The lowest BCUT2D eigenvalue weighted by Crippen LogP contribution is -2.33. The van der Waals surface area contributed by atoms with E-state index in [4.69, 9.17) is 5.26 Å². The van der Waals surface area contributed by atoms with Gasteiger partial charge in [-0.3, -0.25) is 14.3 Å². The first kappa shape index (κ1) is 12.0. The van der Waals surface area contributed by atoms with Gasteiger partial charge in [0.1, 0.15) is 11.6 Å². The number of nitriles is 1. The highest BCUT2D eigenvalue weighted by atomic mass is 32.2. The first-order valence-corrected chi connectivity index (χ1v) is 6.61. The van der Waals surface area contributed by atoms with Crippen molar-refractivity contribution in [3.63, 3.8) is 0 Å². The van der Waals surface area contributed by atoms with Crippen molar-refractivity contribution in [1.82, 2.24) is 9.55 Å². The van der Waals surface area contributed by atoms with E-state index in [1.807, 2.05) is 11.8 Å². The molecule has 0 aliphatic carbocycles. The topological polar surface area (TPSA) is 78.7 Å². The molecule has 1 aromatic heterocycles. The molecule has 0 spiro atoms. The molecule has 17 heavy (non-hydrogen) atoms. The first-order valence-electron chi connectivity index (χ1n) is 5.56. The molecule has 1 aliphatic heterocycles. The SMILES string of the molecule is N#Cc1cn(CC2CCCCS2)c(=O)[nH]c1=O. The van der Waals surface area contributed by atoms with Gasteiger partial charge in [-0.2, -0.15) is 17.0 Å². The third-order valence-corrected chi connectivity index (χ3v) is 4.19. The zero-order valence-electron chi connectivity index (χ0n) is 9.31. The average Bonchev–Trinajstić information content (AvgIpc) is 2.34. The van der Waals surface area contributed by atoms with Crippen molar-refractivity contribution in [3.05, 3.63) is 32.6 Å². The third-order valence-electron chi connectivity index (χ3n) is 2.81. The lowest BCUT2D eigenvalue weighted by molar-refractivity contribution is 0.561. The molecule has 1 aromatic rings. The predicted molar refractivity (Wildman–Crippen MR) is 66.1 cm³/mol. The van der Waals surface area contributed by atoms with E-state index in [1.54, 1.807) is 6.07 Å². The van der Waals surface area contributed by atoms with Gasteiger partial charge in [0.25, 0.3) is 5.56 Å². The minimum Gasteiger partial charge on any atom is -0.298 e. The van der Waals surface area contributed by atoms with Crippen LogP contribution in [0.2, 0.25) is 0 Å². The maximum absolute atomic E-state index is 11.6. The summed E-state index contributed by atoms with van der Waals surface area (Å²) in [4.78, 5) is 25.0. The Morgan fingerprint density at radius 2 is 2.35 bits per heavy atom. The Labute approximate surface area is 102 Å². The molecular formula is C11H13N3O2S. The van der Waals surface area contributed by atoms with Crippen molar-refractivity contribution in [3.8, 4) is 6.07 Å². The molecule has 2 heterocycles. The van der Waals surface area contributed by atoms with Gasteiger partial charge in [0, 0.05) is 18.0 Å². The Balaban J connectivity index is 2.23. The molecule has 0 aromatic carbocycles. The summed E-state index contributed by atoms with van der Waals surface area (Å²) in [7, 11) is 0. The van der Waals surface area contributed by atoms with Crippen LogP contribution in [-0.4, -0.2) is 20.6 Å². The molecule has 1 aliphatic rings. The molecule has 6 heteroatoms. The zero-order valence-corrected chi connectivity index (χ0v) is 10.1. The zero-order chi connectivity index (χ0) is 12.3. The van der Waals surface area contributed by atoms with Crippen LogP contribution < -0.4 is 11.2 Å². The van der Waals surface area contributed by atoms with Crippen molar-refractivity contribution < 1.29 is 0 Å². The minimum atomic E-state index is -0.606. The quantitative estimate of drug-likeness (QED) is 0.839. The standard InChI is InChI=1S/C11H13N3O2S/c12-5-8-6-14(11(16)13-10(8)15)7-9-3-1-2-4-17-9/h6,9H,1-4,7H2,(H,13,15,16). The summed E-state index contributed by atoms with van der Waals surface area (Å²) in [5, 5.41) is 9.15. The molecule has 1 saturated heterocycles. The van der Waals surface area contributed by atoms with Crippen LogP contribution in [0.15, 0.2) is 15.8 Å². The van der Waals surface area contributed by atoms with Crippen LogP contribution in [0, 0.1) is 11.3 Å². The summed E-state index contributed by atoms with van der Waals surface area (Å²) in [6.07, 6.45) is 4.85. The number of hydrogen-bond acceptors (Lipinski definition) is 4. The van der Waals surface area contributed by atoms with E-state index >= 15 is 0 Å². The number of nitrogens with one attached hydrogen (secondary N) is 1. The van der Waals surface area contributed by atoms with Crippen LogP contribution in [0.3, 0.4) is 0 Å². The normalized spacial score (nSPS) is 19.8. The Morgan fingerprint density at radius 3 is 3.00 bits per heavy atom. The number of thioether (sulfide) groups is 1. The van der Waals surface area contributed by atoms with Crippen LogP contribution >= 0.6 is 11.8 Å². The lowest BCUT2D eigenvalue weighted by Gasteiger charge is -2.21. The fourth-order valence-corrected chi connectivity index (χ4v) is 3.20. The summed E-state index contributed by atoms with van der Waals surface area (Å²) in [6.45, 7) is 0.564. The van der Waals surface area contributed by atoms with E-state index in [1.165, 1.54) is 23.6 Å². The van der Waals surface area contributed by atoms with E-state index < -0.39 is 11.2 Å². The summed E-state index contributed by atoms with van der Waals surface area (Å²) in [5.74, 6) is 1.12. The Bertz CT molecular complexity index is 549. The number of nitrogens with zero attached hydrogens (tertiary/aromatic N) is 2. The number of aromatic amines is 1. The number of aromatic nitrogens is 2. The molecule has 0 radical (unpaired) electrons. The van der Waals surface area contributed by atoms with Gasteiger partial charge >= 0.3 is 5.69 Å². The Kier molecular flexibility index (Phi) is 3.69. The smallest absolute Gasteiger partial charge is 0.298 e. The van der Waals surface area contributed by atoms with Gasteiger partial charge in [-0.25, -0.2) is 4.79 Å². The number of H-pyrrole nitrogens is 1. The molecule has 1 fully saturated rings. The van der Waals surface area contributed by atoms with E-state index in [-0.39, 0.29) is 5.56 Å². The second kappa shape index (κ2) is 5.23. The minimum absolute atomic E-state index is 0.00888. The summed E-state index contributed by atoms with van der Waals surface area (Å²) >= 11 is 1.85. The number of hydrogen-bond donors (Lipinski definition) is 1. The van der Waals surface area contributed by atoms with Gasteiger partial charge in [0.2, 0.25) is 0 Å². The van der Waals surface area contributed by atoms with Gasteiger partial charge in [0.05, 0.1) is 0 Å². The molecule has 0 amide bonds. The van der Waals surface area contributed by atoms with Crippen LogP contribution in [0.25, 0.3) is 0 Å². The average molecular weight is 251 g/mol. The number of rotatable bonds is 2. The molecule has 2 rings (SSSR count). The van der Waals surface area contributed by atoms with Gasteiger partial charge in [-0.05, 0) is 18.6 Å². The van der Waals surface area contributed by atoms with Gasteiger partial charge in [-0.1, -0.05) is 6.42 Å². The van der Waals surface area contributed by atoms with Crippen LogP contribution in [0.5, 0.6) is 0 Å². The summed E-state index contributed by atoms with van der Waals surface area (Å²) < 4.78 is 1.43. The maximum atomic E-state index is 11.6.